The predicted molar refractivity (Wildman–Crippen MR) is 111 cm³/mol. The van der Waals surface area contributed by atoms with Crippen LogP contribution in [0.5, 0.6) is 0 Å². The molecule has 1 aliphatic heterocycles. The SMILES string of the molecule is Cc1cccc(N2C(=O)C(=O)/C(=C(\O)c3ccccc3)C2c2cccs2)c1C. The number of aryl methyl sites for hydroxylation is 1. The first-order chi connectivity index (χ1) is 13.5. The Morgan fingerprint density at radius 2 is 1.71 bits per heavy atom. The Morgan fingerprint density at radius 1 is 0.964 bits per heavy atom. The van der Waals surface area contributed by atoms with Gasteiger partial charge in [0.05, 0.1) is 5.57 Å². The molecule has 1 saturated heterocycles. The normalized spacial score (nSPS) is 18.6. The summed E-state index contributed by atoms with van der Waals surface area (Å²) in [6.45, 7) is 3.91. The molecule has 140 valence electrons. The van der Waals surface area contributed by atoms with Gasteiger partial charge in [0.15, 0.2) is 0 Å². The van der Waals surface area contributed by atoms with E-state index in [0.29, 0.717) is 11.3 Å². The highest BCUT2D eigenvalue weighted by Crippen LogP contribution is 2.44. The van der Waals surface area contributed by atoms with E-state index < -0.39 is 17.7 Å². The molecule has 3 aromatic rings. The number of amides is 1. The standard InChI is InChI=1S/C23H19NO3S/c1-14-8-6-11-17(15(14)2)24-20(18-12-7-13-28-18)19(22(26)23(24)27)21(25)16-9-4-3-5-10-16/h3-13,20,25H,1-2H3/b21-19-. The lowest BCUT2D eigenvalue weighted by atomic mass is 9.99. The quantitative estimate of drug-likeness (QED) is 0.390. The molecule has 2 aromatic carbocycles. The van der Waals surface area contributed by atoms with Crippen LogP contribution in [-0.2, 0) is 9.59 Å². The van der Waals surface area contributed by atoms with E-state index in [4.69, 9.17) is 0 Å². The van der Waals surface area contributed by atoms with Crippen molar-refractivity contribution in [2.75, 3.05) is 4.90 Å². The molecule has 4 nitrogen and oxygen atoms in total. The van der Waals surface area contributed by atoms with E-state index >= 15 is 0 Å². The average molecular weight is 389 g/mol. The maximum absolute atomic E-state index is 13.1. The van der Waals surface area contributed by atoms with Gasteiger partial charge in [0.1, 0.15) is 11.8 Å². The largest absolute Gasteiger partial charge is 0.507 e. The average Bonchev–Trinajstić information content (AvgIpc) is 3.32. The van der Waals surface area contributed by atoms with Gasteiger partial charge < -0.3 is 5.11 Å². The second kappa shape index (κ2) is 7.09. The molecule has 0 bridgehead atoms. The number of carbonyl (C=O) groups excluding carboxylic acids is 2. The molecular weight excluding hydrogens is 370 g/mol. The molecule has 1 aromatic heterocycles. The minimum atomic E-state index is -0.666. The van der Waals surface area contributed by atoms with E-state index in [2.05, 4.69) is 0 Å². The molecule has 0 spiro atoms. The van der Waals surface area contributed by atoms with Crippen LogP contribution in [0.2, 0.25) is 0 Å². The molecule has 1 amide bonds. The Balaban J connectivity index is 1.97. The van der Waals surface area contributed by atoms with Gasteiger partial charge in [-0.25, -0.2) is 0 Å². The minimum absolute atomic E-state index is 0.125. The van der Waals surface area contributed by atoms with Crippen LogP contribution < -0.4 is 4.90 Å². The number of hydrogen-bond donors (Lipinski definition) is 1. The van der Waals surface area contributed by atoms with Crippen LogP contribution in [0.3, 0.4) is 0 Å². The number of ketones is 1. The fraction of sp³-hybridized carbons (Fsp3) is 0.130. The van der Waals surface area contributed by atoms with E-state index in [9.17, 15) is 14.7 Å². The molecule has 0 saturated carbocycles. The number of hydrogen-bond acceptors (Lipinski definition) is 4. The highest BCUT2D eigenvalue weighted by molar-refractivity contribution is 7.10. The van der Waals surface area contributed by atoms with Crippen molar-refractivity contribution >= 4 is 34.5 Å². The van der Waals surface area contributed by atoms with E-state index in [0.717, 1.165) is 16.0 Å². The molecule has 4 rings (SSSR count). The highest BCUT2D eigenvalue weighted by Gasteiger charge is 2.47. The molecule has 5 heteroatoms. The van der Waals surface area contributed by atoms with Gasteiger partial charge in [-0.05, 0) is 42.5 Å². The van der Waals surface area contributed by atoms with Gasteiger partial charge in [0.25, 0.3) is 11.7 Å². The summed E-state index contributed by atoms with van der Waals surface area (Å²) in [6.07, 6.45) is 0. The summed E-state index contributed by atoms with van der Waals surface area (Å²) in [7, 11) is 0. The third-order valence-electron chi connectivity index (χ3n) is 5.14. The minimum Gasteiger partial charge on any atom is -0.507 e. The van der Waals surface area contributed by atoms with E-state index in [-0.39, 0.29) is 11.3 Å². The van der Waals surface area contributed by atoms with Gasteiger partial charge in [0.2, 0.25) is 0 Å². The maximum Gasteiger partial charge on any atom is 0.300 e. The van der Waals surface area contributed by atoms with E-state index in [1.165, 1.54) is 16.2 Å². The molecule has 0 aliphatic carbocycles. The van der Waals surface area contributed by atoms with Gasteiger partial charge in [-0.15, -0.1) is 11.3 Å². The topological polar surface area (TPSA) is 57.6 Å². The van der Waals surface area contributed by atoms with Gasteiger partial charge in [-0.1, -0.05) is 48.5 Å². The van der Waals surface area contributed by atoms with Crippen LogP contribution in [0.15, 0.2) is 71.6 Å². The number of benzene rings is 2. The van der Waals surface area contributed by atoms with Crippen molar-refractivity contribution < 1.29 is 14.7 Å². The van der Waals surface area contributed by atoms with Gasteiger partial charge in [0, 0.05) is 16.1 Å². The Bertz CT molecular complexity index is 1080. The number of anilines is 1. The summed E-state index contributed by atoms with van der Waals surface area (Å²) in [6, 6.07) is 17.7. The van der Waals surface area contributed by atoms with Crippen LogP contribution in [0.1, 0.15) is 27.6 Å². The van der Waals surface area contributed by atoms with Crippen LogP contribution >= 0.6 is 11.3 Å². The molecule has 28 heavy (non-hydrogen) atoms. The second-order valence-corrected chi connectivity index (χ2v) is 7.75. The molecule has 1 unspecified atom stereocenters. The van der Waals surface area contributed by atoms with Gasteiger partial charge in [-0.3, -0.25) is 14.5 Å². The van der Waals surface area contributed by atoms with Crippen LogP contribution in [0.4, 0.5) is 5.69 Å². The summed E-state index contributed by atoms with van der Waals surface area (Å²) in [5.41, 5.74) is 3.30. The van der Waals surface area contributed by atoms with Crippen molar-refractivity contribution in [2.45, 2.75) is 19.9 Å². The van der Waals surface area contributed by atoms with Gasteiger partial charge in [-0.2, -0.15) is 0 Å². The molecule has 1 atom stereocenters. The molecular formula is C23H19NO3S. The third kappa shape index (κ3) is 2.84. The number of aliphatic hydroxyl groups is 1. The lowest BCUT2D eigenvalue weighted by Crippen LogP contribution is -2.29. The molecule has 0 radical (unpaired) electrons. The fourth-order valence-electron chi connectivity index (χ4n) is 3.55. The number of nitrogens with zero attached hydrogens (tertiary/aromatic N) is 1. The van der Waals surface area contributed by atoms with Crippen LogP contribution in [0, 0.1) is 13.8 Å². The van der Waals surface area contributed by atoms with Crippen molar-refractivity contribution in [3.8, 4) is 0 Å². The van der Waals surface area contributed by atoms with Crippen molar-refractivity contribution in [2.24, 2.45) is 0 Å². The zero-order valence-corrected chi connectivity index (χ0v) is 16.4. The number of rotatable bonds is 3. The molecule has 2 heterocycles. The van der Waals surface area contributed by atoms with Gasteiger partial charge >= 0.3 is 0 Å². The monoisotopic (exact) mass is 389 g/mol. The first kappa shape index (κ1) is 18.2. The summed E-state index contributed by atoms with van der Waals surface area (Å²) in [5, 5.41) is 12.9. The second-order valence-electron chi connectivity index (χ2n) is 6.77. The van der Waals surface area contributed by atoms with Crippen molar-refractivity contribution in [1.82, 2.24) is 0 Å². The lowest BCUT2D eigenvalue weighted by molar-refractivity contribution is -0.132. The van der Waals surface area contributed by atoms with Crippen LogP contribution in [0.25, 0.3) is 5.76 Å². The van der Waals surface area contributed by atoms with Crippen molar-refractivity contribution in [3.63, 3.8) is 0 Å². The number of thiophene rings is 1. The van der Waals surface area contributed by atoms with E-state index in [1.807, 2.05) is 55.6 Å². The van der Waals surface area contributed by atoms with Crippen molar-refractivity contribution in [1.29, 1.82) is 0 Å². The number of aliphatic hydroxyl groups excluding tert-OH is 1. The summed E-state index contributed by atoms with van der Waals surface area (Å²) in [4.78, 5) is 28.4. The maximum atomic E-state index is 13.1. The summed E-state index contributed by atoms with van der Waals surface area (Å²) in [5.74, 6) is -1.43. The smallest absolute Gasteiger partial charge is 0.300 e. The third-order valence-corrected chi connectivity index (χ3v) is 6.06. The number of carbonyl (C=O) groups is 2. The molecule has 1 fully saturated rings. The Kier molecular flexibility index (Phi) is 4.61. The first-order valence-electron chi connectivity index (χ1n) is 8.96. The summed E-state index contributed by atoms with van der Waals surface area (Å²) >= 11 is 1.46. The zero-order valence-electron chi connectivity index (χ0n) is 15.5. The predicted octanol–water partition coefficient (Wildman–Crippen LogP) is 4.99. The lowest BCUT2D eigenvalue weighted by Gasteiger charge is -2.26. The Morgan fingerprint density at radius 3 is 2.39 bits per heavy atom. The Labute approximate surface area is 167 Å². The van der Waals surface area contributed by atoms with Crippen molar-refractivity contribution in [3.05, 3.63) is 93.2 Å². The summed E-state index contributed by atoms with van der Waals surface area (Å²) < 4.78 is 0. The zero-order chi connectivity index (χ0) is 19.8. The fourth-order valence-corrected chi connectivity index (χ4v) is 4.37. The highest BCUT2D eigenvalue weighted by atomic mass is 32.1. The van der Waals surface area contributed by atoms with E-state index in [1.54, 1.807) is 24.3 Å². The Hall–Kier alpha value is -3.18. The number of Topliss-reactive ketones (excluding diaryl/α,β-unsaturated/α-hetero) is 1. The molecule has 1 aliphatic rings. The molecule has 1 N–H and O–H groups in total. The first-order valence-corrected chi connectivity index (χ1v) is 9.84. The van der Waals surface area contributed by atoms with Crippen LogP contribution in [-0.4, -0.2) is 16.8 Å².